The number of anilines is 1. The van der Waals surface area contributed by atoms with Gasteiger partial charge in [-0.1, -0.05) is 73.8 Å². The largest absolute Gasteiger partial charge is 0.396 e. The van der Waals surface area contributed by atoms with Crippen LogP contribution < -0.4 is 11.1 Å². The molecule has 0 bridgehead atoms. The first kappa shape index (κ1) is 28.1. The molecule has 2 aromatic carbocycles. The molecule has 0 aromatic heterocycles. The fourth-order valence-electron chi connectivity index (χ4n) is 6.35. The summed E-state index contributed by atoms with van der Waals surface area (Å²) in [7, 11) is 0. The summed E-state index contributed by atoms with van der Waals surface area (Å²) in [4.78, 5) is 43.0. The first-order valence-corrected chi connectivity index (χ1v) is 13.4. The predicted octanol–water partition coefficient (Wildman–Crippen LogP) is 4.80. The van der Waals surface area contributed by atoms with Crippen LogP contribution in [0, 0.1) is 5.41 Å². The van der Waals surface area contributed by atoms with E-state index in [-0.39, 0.29) is 18.2 Å². The summed E-state index contributed by atoms with van der Waals surface area (Å²) >= 11 is 12.7. The third-order valence-electron chi connectivity index (χ3n) is 8.05. The summed E-state index contributed by atoms with van der Waals surface area (Å²) in [6.45, 7) is 6.78. The second kappa shape index (κ2) is 10.4. The van der Waals surface area contributed by atoms with Crippen LogP contribution in [0.2, 0.25) is 10.0 Å². The maximum absolute atomic E-state index is 14.4. The molecule has 1 unspecified atom stereocenters. The lowest BCUT2D eigenvalue weighted by Crippen LogP contribution is -2.70. The number of hydrogen-bond acceptors (Lipinski definition) is 4. The highest BCUT2D eigenvalue weighted by atomic mass is 35.5. The molecule has 0 aliphatic carbocycles. The molecule has 38 heavy (non-hydrogen) atoms. The van der Waals surface area contributed by atoms with E-state index in [9.17, 15) is 19.5 Å². The number of likely N-dealkylation sites (tertiary alicyclic amines) is 1. The van der Waals surface area contributed by atoms with Gasteiger partial charge in [-0.05, 0) is 48.7 Å². The van der Waals surface area contributed by atoms with Crippen molar-refractivity contribution in [2.45, 2.75) is 64.0 Å². The molecule has 1 fully saturated rings. The Morgan fingerprint density at radius 1 is 1.24 bits per heavy atom. The molecule has 2 heterocycles. The van der Waals surface area contributed by atoms with Gasteiger partial charge in [0.25, 0.3) is 0 Å². The van der Waals surface area contributed by atoms with Crippen molar-refractivity contribution in [1.82, 2.24) is 4.90 Å². The highest BCUT2D eigenvalue weighted by Gasteiger charge is 2.65. The van der Waals surface area contributed by atoms with E-state index in [4.69, 9.17) is 28.9 Å². The van der Waals surface area contributed by atoms with Crippen LogP contribution in [-0.4, -0.2) is 46.4 Å². The Balaban J connectivity index is 2.13. The molecule has 2 aliphatic heterocycles. The number of rotatable bonds is 7. The van der Waals surface area contributed by atoms with E-state index in [2.05, 4.69) is 5.32 Å². The number of carbonyl (C=O) groups excluding carboxylic acids is 3. The molecule has 3 amide bonds. The third kappa shape index (κ3) is 4.31. The molecule has 0 saturated carbocycles. The first-order valence-electron chi connectivity index (χ1n) is 12.7. The monoisotopic (exact) mass is 557 g/mol. The van der Waals surface area contributed by atoms with E-state index in [1.807, 2.05) is 32.1 Å². The fourth-order valence-corrected chi connectivity index (χ4v) is 6.72. The highest BCUT2D eigenvalue weighted by Crippen LogP contribution is 2.58. The van der Waals surface area contributed by atoms with Crippen LogP contribution >= 0.6 is 23.2 Å². The second-order valence-corrected chi connectivity index (χ2v) is 11.6. The maximum Gasteiger partial charge on any atom is 0.240 e. The molecule has 2 aliphatic rings. The minimum atomic E-state index is -1.32. The lowest BCUT2D eigenvalue weighted by Gasteiger charge is -2.55. The zero-order valence-corrected chi connectivity index (χ0v) is 23.4. The van der Waals surface area contributed by atoms with Crippen molar-refractivity contribution in [3.63, 3.8) is 0 Å². The van der Waals surface area contributed by atoms with Gasteiger partial charge in [0.2, 0.25) is 17.7 Å². The number of nitrogens with one attached hydrogen (secondary N) is 1. The number of aliphatic hydroxyl groups excluding tert-OH is 1. The van der Waals surface area contributed by atoms with Crippen molar-refractivity contribution in [1.29, 1.82) is 0 Å². The number of fused-ring (bicyclic) bond motifs is 2. The van der Waals surface area contributed by atoms with E-state index in [0.29, 0.717) is 27.7 Å². The Hall–Kier alpha value is -2.87. The number of nitrogens with zero attached hydrogens (tertiary/aromatic N) is 1. The van der Waals surface area contributed by atoms with E-state index in [1.165, 1.54) is 4.90 Å². The third-order valence-corrected chi connectivity index (χ3v) is 8.52. The number of carbonyl (C=O) groups is 3. The van der Waals surface area contributed by atoms with Crippen molar-refractivity contribution in [3.05, 3.63) is 75.3 Å². The number of hydrogen-bond donors (Lipinski definition) is 3. The normalized spacial score (nSPS) is 24.4. The van der Waals surface area contributed by atoms with E-state index < -0.39 is 41.3 Å². The Morgan fingerprint density at radius 2 is 1.92 bits per heavy atom. The molecule has 1 saturated heterocycles. The van der Waals surface area contributed by atoms with Crippen LogP contribution in [-0.2, 0) is 19.8 Å². The van der Waals surface area contributed by atoms with Gasteiger partial charge in [0.1, 0.15) is 11.5 Å². The summed E-state index contributed by atoms with van der Waals surface area (Å²) in [6.07, 6.45) is 2.33. The van der Waals surface area contributed by atoms with Crippen molar-refractivity contribution >= 4 is 46.6 Å². The minimum Gasteiger partial charge on any atom is -0.396 e. The van der Waals surface area contributed by atoms with Gasteiger partial charge in [-0.2, -0.15) is 0 Å². The smallest absolute Gasteiger partial charge is 0.240 e. The Labute approximate surface area is 233 Å². The number of nitrogens with two attached hydrogens (primary N) is 1. The standard InChI is InChI=1S/C29H33Cl2N3O4/c1-5-16(6-2)24-29(20-11-10-19(31)13-22(20)33-27(29)38)21(17-8-7-9-18(30)12-17)14-23(36)34(24)25(26(32)37)28(3,4)15-35/h5,7-13,21,24-25,35H,6,14-15H2,1-4H3,(H2,32,37)(H,33,38)/b16-5-/t21-,24+,25?,29-/m0/s1. The maximum atomic E-state index is 14.4. The van der Waals surface area contributed by atoms with Gasteiger partial charge >= 0.3 is 0 Å². The molecule has 7 nitrogen and oxygen atoms in total. The van der Waals surface area contributed by atoms with Crippen LogP contribution in [0.15, 0.2) is 54.1 Å². The molecule has 0 radical (unpaired) electrons. The molecule has 2 aromatic rings. The summed E-state index contributed by atoms with van der Waals surface area (Å²) in [6, 6.07) is 10.4. The fraction of sp³-hybridized carbons (Fsp3) is 0.414. The average molecular weight is 559 g/mol. The van der Waals surface area contributed by atoms with Gasteiger partial charge in [0.15, 0.2) is 0 Å². The Morgan fingerprint density at radius 3 is 2.50 bits per heavy atom. The number of amides is 3. The van der Waals surface area contributed by atoms with Gasteiger partial charge in [0, 0.05) is 33.5 Å². The number of piperidine rings is 1. The minimum absolute atomic E-state index is 0.0711. The number of primary amides is 1. The van der Waals surface area contributed by atoms with Crippen molar-refractivity contribution in [2.24, 2.45) is 11.1 Å². The molecule has 4 atom stereocenters. The molecule has 202 valence electrons. The summed E-state index contributed by atoms with van der Waals surface area (Å²) in [5.74, 6) is -2.00. The van der Waals surface area contributed by atoms with Gasteiger partial charge in [-0.25, -0.2) is 0 Å². The van der Waals surface area contributed by atoms with Crippen molar-refractivity contribution in [2.75, 3.05) is 11.9 Å². The molecular weight excluding hydrogens is 525 g/mol. The average Bonchev–Trinajstić information content (AvgIpc) is 3.13. The summed E-state index contributed by atoms with van der Waals surface area (Å²) in [5, 5.41) is 14.2. The topological polar surface area (TPSA) is 113 Å². The summed E-state index contributed by atoms with van der Waals surface area (Å²) in [5.41, 5.74) is 6.30. The number of halogens is 2. The summed E-state index contributed by atoms with van der Waals surface area (Å²) < 4.78 is 0. The predicted molar refractivity (Wildman–Crippen MR) is 149 cm³/mol. The molecule has 1 spiro atoms. The van der Waals surface area contributed by atoms with Crippen LogP contribution in [0.5, 0.6) is 0 Å². The lowest BCUT2D eigenvalue weighted by molar-refractivity contribution is -0.157. The number of allylic oxidation sites excluding steroid dienone is 1. The zero-order valence-electron chi connectivity index (χ0n) is 21.9. The van der Waals surface area contributed by atoms with E-state index >= 15 is 0 Å². The Bertz CT molecular complexity index is 1320. The molecule has 4 rings (SSSR count). The van der Waals surface area contributed by atoms with Crippen LogP contribution in [0.4, 0.5) is 5.69 Å². The van der Waals surface area contributed by atoms with Gasteiger partial charge < -0.3 is 21.1 Å². The quantitative estimate of drug-likeness (QED) is 0.424. The Kier molecular flexibility index (Phi) is 7.67. The lowest BCUT2D eigenvalue weighted by atomic mass is 9.57. The van der Waals surface area contributed by atoms with Gasteiger partial charge in [-0.15, -0.1) is 0 Å². The van der Waals surface area contributed by atoms with Gasteiger partial charge in [0.05, 0.1) is 12.6 Å². The van der Waals surface area contributed by atoms with Crippen LogP contribution in [0.1, 0.15) is 57.6 Å². The molecule has 9 heteroatoms. The second-order valence-electron chi connectivity index (χ2n) is 10.7. The van der Waals surface area contributed by atoms with Gasteiger partial charge in [-0.3, -0.25) is 14.4 Å². The first-order chi connectivity index (χ1) is 17.9. The van der Waals surface area contributed by atoms with E-state index in [0.717, 1.165) is 11.1 Å². The van der Waals surface area contributed by atoms with Crippen LogP contribution in [0.25, 0.3) is 0 Å². The van der Waals surface area contributed by atoms with Crippen molar-refractivity contribution in [3.8, 4) is 0 Å². The van der Waals surface area contributed by atoms with Crippen LogP contribution in [0.3, 0.4) is 0 Å². The number of benzene rings is 2. The highest BCUT2D eigenvalue weighted by molar-refractivity contribution is 6.31. The molecular formula is C29H33Cl2N3O4. The zero-order chi connectivity index (χ0) is 28.0. The molecule has 4 N–H and O–H groups in total. The van der Waals surface area contributed by atoms with E-state index in [1.54, 1.807) is 44.2 Å². The number of aliphatic hydroxyl groups is 1. The van der Waals surface area contributed by atoms with Crippen molar-refractivity contribution < 1.29 is 19.5 Å². The SMILES string of the molecule is C/C=C(/CC)[C@H]1N(C(C(N)=O)C(C)(C)CO)C(=O)C[C@@H](c2cccc(Cl)c2)[C@]12C(=O)Nc1cc(Cl)ccc12.